The summed E-state index contributed by atoms with van der Waals surface area (Å²) in [5.74, 6) is 1.86. The van der Waals surface area contributed by atoms with Gasteiger partial charge in [0.05, 0.1) is 6.61 Å². The van der Waals surface area contributed by atoms with E-state index in [4.69, 9.17) is 4.74 Å². The Labute approximate surface area is 122 Å². The van der Waals surface area contributed by atoms with E-state index in [0.717, 1.165) is 36.7 Å². The molecule has 1 aromatic rings. The number of hydrogen-bond donors (Lipinski definition) is 1. The van der Waals surface area contributed by atoms with Gasteiger partial charge in [0.15, 0.2) is 0 Å². The third kappa shape index (κ3) is 3.89. The monoisotopic (exact) mass is 277 g/mol. The van der Waals surface area contributed by atoms with Crippen molar-refractivity contribution in [2.75, 3.05) is 13.2 Å². The molecule has 0 bridgehead atoms. The molecule has 1 aliphatic rings. The summed E-state index contributed by atoms with van der Waals surface area (Å²) >= 11 is 0. The second-order valence-electron chi connectivity index (χ2n) is 6.10. The zero-order valence-corrected chi connectivity index (χ0v) is 12.9. The van der Waals surface area contributed by atoms with Crippen LogP contribution < -0.4 is 4.74 Å². The maximum Gasteiger partial charge on any atom is 0.123 e. The zero-order chi connectivity index (χ0) is 14.5. The van der Waals surface area contributed by atoms with E-state index < -0.39 is 0 Å². The smallest absolute Gasteiger partial charge is 0.123 e. The summed E-state index contributed by atoms with van der Waals surface area (Å²) in [6, 6.07) is 6.29. The van der Waals surface area contributed by atoms with E-state index in [-0.39, 0.29) is 0 Å². The Morgan fingerprint density at radius 2 is 2.10 bits per heavy atom. The minimum Gasteiger partial charge on any atom is -0.507 e. The predicted octanol–water partition coefficient (Wildman–Crippen LogP) is 3.80. The summed E-state index contributed by atoms with van der Waals surface area (Å²) in [7, 11) is 0. The zero-order valence-electron chi connectivity index (χ0n) is 12.9. The highest BCUT2D eigenvalue weighted by molar-refractivity contribution is 5.39. The number of aromatic hydroxyl groups is 1. The van der Waals surface area contributed by atoms with Gasteiger partial charge in [-0.25, -0.2) is 0 Å². The van der Waals surface area contributed by atoms with E-state index in [1.54, 1.807) is 6.07 Å². The summed E-state index contributed by atoms with van der Waals surface area (Å²) in [4.78, 5) is 2.47. The number of rotatable bonds is 5. The minimum atomic E-state index is 0.351. The second kappa shape index (κ2) is 6.98. The van der Waals surface area contributed by atoms with Crippen LogP contribution in [-0.2, 0) is 6.54 Å². The molecule has 0 saturated carbocycles. The summed E-state index contributed by atoms with van der Waals surface area (Å²) in [5.41, 5.74) is 0.995. The molecule has 1 aliphatic heterocycles. The molecule has 1 aromatic carbocycles. The predicted molar refractivity (Wildman–Crippen MR) is 82.2 cm³/mol. The Morgan fingerprint density at radius 3 is 2.80 bits per heavy atom. The van der Waals surface area contributed by atoms with Crippen molar-refractivity contribution < 1.29 is 9.84 Å². The van der Waals surface area contributed by atoms with Crippen LogP contribution in [-0.4, -0.2) is 29.2 Å². The Hall–Kier alpha value is -1.22. The lowest BCUT2D eigenvalue weighted by molar-refractivity contribution is 0.116. The fraction of sp³-hybridized carbons (Fsp3) is 0.647. The van der Waals surface area contributed by atoms with Gasteiger partial charge in [-0.1, -0.05) is 19.9 Å². The number of hydrogen-bond acceptors (Lipinski definition) is 3. The molecule has 2 unspecified atom stereocenters. The summed E-state index contributed by atoms with van der Waals surface area (Å²) < 4.78 is 5.55. The van der Waals surface area contributed by atoms with Crippen LogP contribution in [0.5, 0.6) is 11.5 Å². The quantitative estimate of drug-likeness (QED) is 0.888. The lowest BCUT2D eigenvalue weighted by Gasteiger charge is -2.36. The molecule has 1 saturated heterocycles. The lowest BCUT2D eigenvalue weighted by Crippen LogP contribution is -2.40. The van der Waals surface area contributed by atoms with Gasteiger partial charge >= 0.3 is 0 Å². The molecule has 0 radical (unpaired) electrons. The normalized spacial score (nSPS) is 23.8. The number of nitrogens with zero attached hydrogens (tertiary/aromatic N) is 1. The molecule has 3 heteroatoms. The molecule has 0 amide bonds. The first-order valence-corrected chi connectivity index (χ1v) is 7.79. The summed E-state index contributed by atoms with van der Waals surface area (Å²) in [5, 5.41) is 10.2. The molecule has 20 heavy (non-hydrogen) atoms. The van der Waals surface area contributed by atoms with E-state index in [1.807, 2.05) is 12.1 Å². The fourth-order valence-electron chi connectivity index (χ4n) is 2.81. The van der Waals surface area contributed by atoms with Gasteiger partial charge in [0.1, 0.15) is 11.5 Å². The molecule has 1 N–H and O–H groups in total. The van der Waals surface area contributed by atoms with Gasteiger partial charge in [0.2, 0.25) is 0 Å². The molecular formula is C17H27NO2. The van der Waals surface area contributed by atoms with Crippen LogP contribution in [0.4, 0.5) is 0 Å². The Bertz CT molecular complexity index is 433. The minimum absolute atomic E-state index is 0.351. The number of piperidine rings is 1. The van der Waals surface area contributed by atoms with E-state index in [2.05, 4.69) is 25.7 Å². The van der Waals surface area contributed by atoms with Crippen molar-refractivity contribution >= 4 is 0 Å². The second-order valence-corrected chi connectivity index (χ2v) is 6.10. The SMILES string of the molecule is CCCOc1ccc(CN2CC(C)CCC2C)c(O)c1. The van der Waals surface area contributed by atoms with Crippen LogP contribution in [0.15, 0.2) is 18.2 Å². The largest absolute Gasteiger partial charge is 0.507 e. The first-order valence-electron chi connectivity index (χ1n) is 7.79. The van der Waals surface area contributed by atoms with E-state index in [9.17, 15) is 5.11 Å². The van der Waals surface area contributed by atoms with Gasteiger partial charge in [-0.2, -0.15) is 0 Å². The molecule has 2 atom stereocenters. The average Bonchev–Trinajstić information content (AvgIpc) is 2.43. The number of ether oxygens (including phenoxy) is 1. The van der Waals surface area contributed by atoms with Gasteiger partial charge in [-0.05, 0) is 38.2 Å². The topological polar surface area (TPSA) is 32.7 Å². The number of likely N-dealkylation sites (tertiary alicyclic amines) is 1. The maximum absolute atomic E-state index is 10.2. The van der Waals surface area contributed by atoms with Crippen LogP contribution in [0.3, 0.4) is 0 Å². The summed E-state index contributed by atoms with van der Waals surface area (Å²) in [6.45, 7) is 9.30. The molecule has 1 heterocycles. The highest BCUT2D eigenvalue weighted by Gasteiger charge is 2.23. The van der Waals surface area contributed by atoms with Gasteiger partial charge < -0.3 is 9.84 Å². The molecule has 1 fully saturated rings. The van der Waals surface area contributed by atoms with Crippen LogP contribution >= 0.6 is 0 Å². The van der Waals surface area contributed by atoms with Crippen molar-refractivity contribution in [2.24, 2.45) is 5.92 Å². The first-order chi connectivity index (χ1) is 9.60. The molecule has 0 aliphatic carbocycles. The first kappa shape index (κ1) is 15.2. The van der Waals surface area contributed by atoms with E-state index in [0.29, 0.717) is 18.4 Å². The van der Waals surface area contributed by atoms with Crippen LogP contribution in [0.25, 0.3) is 0 Å². The van der Waals surface area contributed by atoms with Crippen LogP contribution in [0.1, 0.15) is 45.6 Å². The Morgan fingerprint density at radius 1 is 1.30 bits per heavy atom. The average molecular weight is 277 g/mol. The molecule has 2 rings (SSSR count). The van der Waals surface area contributed by atoms with Crippen molar-refractivity contribution in [3.63, 3.8) is 0 Å². The third-order valence-electron chi connectivity index (χ3n) is 4.15. The maximum atomic E-state index is 10.2. The number of benzene rings is 1. The van der Waals surface area contributed by atoms with Crippen molar-refractivity contribution in [1.29, 1.82) is 0 Å². The van der Waals surface area contributed by atoms with Crippen molar-refractivity contribution in [3.05, 3.63) is 23.8 Å². The highest BCUT2D eigenvalue weighted by atomic mass is 16.5. The molecular weight excluding hydrogens is 250 g/mol. The van der Waals surface area contributed by atoms with Gasteiger partial charge in [-0.3, -0.25) is 4.90 Å². The van der Waals surface area contributed by atoms with Crippen LogP contribution in [0.2, 0.25) is 0 Å². The Balaban J connectivity index is 2.01. The molecule has 0 spiro atoms. The van der Waals surface area contributed by atoms with Crippen molar-refractivity contribution in [2.45, 2.75) is 52.6 Å². The number of phenolic OH excluding ortho intramolecular Hbond substituents is 1. The third-order valence-corrected chi connectivity index (χ3v) is 4.15. The van der Waals surface area contributed by atoms with Gasteiger partial charge in [-0.15, -0.1) is 0 Å². The molecule has 0 aromatic heterocycles. The van der Waals surface area contributed by atoms with Crippen molar-refractivity contribution in [1.82, 2.24) is 4.90 Å². The van der Waals surface area contributed by atoms with Crippen LogP contribution in [0, 0.1) is 5.92 Å². The summed E-state index contributed by atoms with van der Waals surface area (Å²) in [6.07, 6.45) is 3.54. The van der Waals surface area contributed by atoms with Gasteiger partial charge in [0.25, 0.3) is 0 Å². The lowest BCUT2D eigenvalue weighted by atomic mass is 9.94. The Kier molecular flexibility index (Phi) is 5.30. The number of phenols is 1. The molecule has 3 nitrogen and oxygen atoms in total. The standard InChI is InChI=1S/C17H27NO2/c1-4-9-20-16-8-7-15(17(19)10-16)12-18-11-13(2)5-6-14(18)3/h7-8,10,13-14,19H,4-6,9,11-12H2,1-3H3. The molecule has 112 valence electrons. The highest BCUT2D eigenvalue weighted by Crippen LogP contribution is 2.28. The van der Waals surface area contributed by atoms with Crippen molar-refractivity contribution in [3.8, 4) is 11.5 Å². The van der Waals surface area contributed by atoms with E-state index in [1.165, 1.54) is 12.8 Å². The fourth-order valence-corrected chi connectivity index (χ4v) is 2.81. The van der Waals surface area contributed by atoms with E-state index >= 15 is 0 Å². The van der Waals surface area contributed by atoms with Gasteiger partial charge in [0, 0.05) is 30.8 Å².